The van der Waals surface area contributed by atoms with Gasteiger partial charge >= 0.3 is 0 Å². The Labute approximate surface area is 119 Å². The number of pyridine rings is 1. The van der Waals surface area contributed by atoms with Gasteiger partial charge in [0.2, 0.25) is 0 Å². The molecule has 0 saturated heterocycles. The summed E-state index contributed by atoms with van der Waals surface area (Å²) in [5.41, 5.74) is 0. The highest BCUT2D eigenvalue weighted by Gasteiger charge is 2.14. The molecule has 1 aromatic rings. The number of anilines is 2. The van der Waals surface area contributed by atoms with Crippen molar-refractivity contribution < 1.29 is 0 Å². The number of hydrogen-bond donors (Lipinski definition) is 1. The molecule has 1 atom stereocenters. The molecule has 1 rings (SSSR count). The first kappa shape index (κ1) is 15.4. The van der Waals surface area contributed by atoms with Crippen LogP contribution in [0.4, 0.5) is 11.6 Å². The van der Waals surface area contributed by atoms with Crippen molar-refractivity contribution in [1.29, 1.82) is 0 Å². The van der Waals surface area contributed by atoms with Gasteiger partial charge in [-0.25, -0.2) is 4.98 Å². The van der Waals surface area contributed by atoms with Crippen LogP contribution in [0.3, 0.4) is 0 Å². The molecule has 1 N–H and O–H groups in total. The van der Waals surface area contributed by atoms with E-state index < -0.39 is 0 Å². The Kier molecular flexibility index (Phi) is 6.03. The second-order valence-electron chi connectivity index (χ2n) is 4.55. The van der Waals surface area contributed by atoms with E-state index in [-0.39, 0.29) is 0 Å². The van der Waals surface area contributed by atoms with Crippen molar-refractivity contribution in [3.63, 3.8) is 0 Å². The normalized spacial score (nSPS) is 12.3. The van der Waals surface area contributed by atoms with Crippen LogP contribution in [0, 0.1) is 5.92 Å². The number of halogens is 2. The maximum Gasteiger partial charge on any atom is 0.149 e. The lowest BCUT2D eigenvalue weighted by molar-refractivity contribution is 0.558. The Hall–Kier alpha value is -0.670. The SMILES string of the molecule is CCNc1nc(N(C)CC(C)CC)c(Cl)cc1Cl. The minimum Gasteiger partial charge on any atom is -0.369 e. The average Bonchev–Trinajstić information content (AvgIpc) is 2.32. The van der Waals surface area contributed by atoms with Gasteiger partial charge in [-0.1, -0.05) is 43.5 Å². The van der Waals surface area contributed by atoms with E-state index in [4.69, 9.17) is 23.2 Å². The van der Waals surface area contributed by atoms with Crippen molar-refractivity contribution in [3.05, 3.63) is 16.1 Å². The van der Waals surface area contributed by atoms with E-state index in [1.807, 2.05) is 14.0 Å². The first-order valence-electron chi connectivity index (χ1n) is 6.30. The third kappa shape index (κ3) is 3.92. The Bertz CT molecular complexity index is 396. The number of aromatic nitrogens is 1. The van der Waals surface area contributed by atoms with Crippen LogP contribution in [-0.2, 0) is 0 Å². The zero-order valence-corrected chi connectivity index (χ0v) is 12.9. The number of rotatable bonds is 6. The van der Waals surface area contributed by atoms with E-state index in [2.05, 4.69) is 29.0 Å². The van der Waals surface area contributed by atoms with Gasteiger partial charge in [-0.15, -0.1) is 0 Å². The molecule has 0 radical (unpaired) electrons. The predicted octanol–water partition coefficient (Wildman–Crippen LogP) is 4.30. The molecule has 102 valence electrons. The number of nitrogens with zero attached hydrogens (tertiary/aromatic N) is 2. The van der Waals surface area contributed by atoms with Crippen molar-refractivity contribution in [2.45, 2.75) is 27.2 Å². The van der Waals surface area contributed by atoms with Crippen LogP contribution in [0.5, 0.6) is 0 Å². The monoisotopic (exact) mass is 289 g/mol. The molecule has 18 heavy (non-hydrogen) atoms. The highest BCUT2D eigenvalue weighted by atomic mass is 35.5. The Balaban J connectivity index is 2.96. The highest BCUT2D eigenvalue weighted by molar-refractivity contribution is 6.37. The van der Waals surface area contributed by atoms with Crippen LogP contribution < -0.4 is 10.2 Å². The zero-order chi connectivity index (χ0) is 13.7. The van der Waals surface area contributed by atoms with Gasteiger partial charge in [0.15, 0.2) is 0 Å². The van der Waals surface area contributed by atoms with Crippen LogP contribution in [0.15, 0.2) is 6.07 Å². The van der Waals surface area contributed by atoms with E-state index in [1.165, 1.54) is 0 Å². The smallest absolute Gasteiger partial charge is 0.149 e. The summed E-state index contributed by atoms with van der Waals surface area (Å²) in [6.07, 6.45) is 1.13. The van der Waals surface area contributed by atoms with E-state index in [0.717, 1.165) is 25.3 Å². The molecule has 1 unspecified atom stereocenters. The number of hydrogen-bond acceptors (Lipinski definition) is 3. The fourth-order valence-corrected chi connectivity index (χ4v) is 2.27. The second kappa shape index (κ2) is 7.05. The largest absolute Gasteiger partial charge is 0.369 e. The molecule has 1 heterocycles. The Morgan fingerprint density at radius 1 is 1.33 bits per heavy atom. The molecular formula is C13H21Cl2N3. The third-order valence-corrected chi connectivity index (χ3v) is 3.47. The van der Waals surface area contributed by atoms with Crippen molar-refractivity contribution in [1.82, 2.24) is 4.98 Å². The van der Waals surface area contributed by atoms with Gasteiger partial charge in [-0.3, -0.25) is 0 Å². The molecule has 3 nitrogen and oxygen atoms in total. The van der Waals surface area contributed by atoms with Gasteiger partial charge in [0.05, 0.1) is 10.0 Å². The van der Waals surface area contributed by atoms with Crippen molar-refractivity contribution in [2.24, 2.45) is 5.92 Å². The van der Waals surface area contributed by atoms with Gasteiger partial charge in [0, 0.05) is 20.1 Å². The van der Waals surface area contributed by atoms with E-state index in [9.17, 15) is 0 Å². The maximum atomic E-state index is 6.21. The molecule has 0 amide bonds. The predicted molar refractivity (Wildman–Crippen MR) is 81.1 cm³/mol. The lowest BCUT2D eigenvalue weighted by Gasteiger charge is -2.23. The van der Waals surface area contributed by atoms with Crippen LogP contribution in [0.1, 0.15) is 27.2 Å². The summed E-state index contributed by atoms with van der Waals surface area (Å²) < 4.78 is 0. The maximum absolute atomic E-state index is 6.21. The molecule has 5 heteroatoms. The molecule has 0 aliphatic carbocycles. The van der Waals surface area contributed by atoms with E-state index >= 15 is 0 Å². The molecule has 0 bridgehead atoms. The van der Waals surface area contributed by atoms with Crippen molar-refractivity contribution >= 4 is 34.8 Å². The minimum absolute atomic E-state index is 0.558. The summed E-state index contributed by atoms with van der Waals surface area (Å²) in [7, 11) is 2.00. The summed E-state index contributed by atoms with van der Waals surface area (Å²) in [5.74, 6) is 2.07. The summed E-state index contributed by atoms with van der Waals surface area (Å²) >= 11 is 12.3. The summed E-state index contributed by atoms with van der Waals surface area (Å²) in [6.45, 7) is 8.11. The van der Waals surface area contributed by atoms with Crippen LogP contribution in [-0.4, -0.2) is 25.1 Å². The molecular weight excluding hydrogens is 269 g/mol. The fraction of sp³-hybridized carbons (Fsp3) is 0.615. The van der Waals surface area contributed by atoms with Gasteiger partial charge in [-0.05, 0) is 18.9 Å². The summed E-state index contributed by atoms with van der Waals surface area (Å²) in [5, 5.41) is 4.29. The van der Waals surface area contributed by atoms with Crippen LogP contribution >= 0.6 is 23.2 Å². The summed E-state index contributed by atoms with van der Waals surface area (Å²) in [4.78, 5) is 6.58. The summed E-state index contributed by atoms with van der Waals surface area (Å²) in [6, 6.07) is 1.75. The molecule has 0 spiro atoms. The molecule has 1 aromatic heterocycles. The van der Waals surface area contributed by atoms with Crippen LogP contribution in [0.2, 0.25) is 10.0 Å². The van der Waals surface area contributed by atoms with E-state index in [0.29, 0.717) is 21.8 Å². The molecule has 0 fully saturated rings. The quantitative estimate of drug-likeness (QED) is 0.846. The standard InChI is InChI=1S/C13H21Cl2N3/c1-5-9(3)8-18(4)13-11(15)7-10(14)12(17-13)16-6-2/h7,9H,5-6,8H2,1-4H3,(H,16,17). The van der Waals surface area contributed by atoms with Gasteiger partial charge < -0.3 is 10.2 Å². The average molecular weight is 290 g/mol. The first-order chi connectivity index (χ1) is 8.49. The minimum atomic E-state index is 0.558. The Morgan fingerprint density at radius 2 is 2.00 bits per heavy atom. The second-order valence-corrected chi connectivity index (χ2v) is 5.36. The molecule has 0 aliphatic heterocycles. The molecule has 0 aromatic carbocycles. The Morgan fingerprint density at radius 3 is 2.56 bits per heavy atom. The molecule has 0 aliphatic rings. The van der Waals surface area contributed by atoms with Gasteiger partial charge in [0.1, 0.15) is 11.6 Å². The lowest BCUT2D eigenvalue weighted by atomic mass is 10.1. The van der Waals surface area contributed by atoms with Gasteiger partial charge in [-0.2, -0.15) is 0 Å². The fourth-order valence-electron chi connectivity index (χ4n) is 1.70. The highest BCUT2D eigenvalue weighted by Crippen LogP contribution is 2.31. The number of nitrogens with one attached hydrogen (secondary N) is 1. The first-order valence-corrected chi connectivity index (χ1v) is 7.06. The zero-order valence-electron chi connectivity index (χ0n) is 11.4. The van der Waals surface area contributed by atoms with E-state index in [1.54, 1.807) is 6.07 Å². The van der Waals surface area contributed by atoms with Gasteiger partial charge in [0.25, 0.3) is 0 Å². The van der Waals surface area contributed by atoms with Crippen molar-refractivity contribution in [3.8, 4) is 0 Å². The van der Waals surface area contributed by atoms with Crippen LogP contribution in [0.25, 0.3) is 0 Å². The lowest BCUT2D eigenvalue weighted by Crippen LogP contribution is -2.25. The van der Waals surface area contributed by atoms with Crippen molar-refractivity contribution in [2.75, 3.05) is 30.4 Å². The molecule has 0 saturated carbocycles. The third-order valence-electron chi connectivity index (χ3n) is 2.90. The topological polar surface area (TPSA) is 28.2 Å².